The van der Waals surface area contributed by atoms with E-state index >= 15 is 0 Å². The summed E-state index contributed by atoms with van der Waals surface area (Å²) in [6, 6.07) is 15.7. The number of halogens is 2. The van der Waals surface area contributed by atoms with E-state index in [0.29, 0.717) is 5.76 Å². The Kier molecular flexibility index (Phi) is 4.70. The zero-order valence-corrected chi connectivity index (χ0v) is 12.8. The van der Waals surface area contributed by atoms with Crippen molar-refractivity contribution in [1.82, 2.24) is 0 Å². The fraction of sp³-hybridized carbons (Fsp3) is 0.105. The second-order valence-corrected chi connectivity index (χ2v) is 5.32. The minimum atomic E-state index is -0.789. The van der Waals surface area contributed by atoms with Crippen LogP contribution in [0.3, 0.4) is 0 Å². The smallest absolute Gasteiger partial charge is 0.231 e. The Labute approximate surface area is 138 Å². The Hall–Kier alpha value is -2.95. The summed E-state index contributed by atoms with van der Waals surface area (Å²) in [4.78, 5) is 14.0. The van der Waals surface area contributed by atoms with Crippen LogP contribution >= 0.6 is 0 Å². The van der Waals surface area contributed by atoms with Crippen LogP contribution in [0.5, 0.6) is 0 Å². The maximum absolute atomic E-state index is 14.2. The largest absolute Gasteiger partial charge is 0.467 e. The van der Waals surface area contributed by atoms with E-state index in [-0.39, 0.29) is 24.6 Å². The van der Waals surface area contributed by atoms with E-state index in [4.69, 9.17) is 4.42 Å². The highest BCUT2D eigenvalue weighted by atomic mass is 19.1. The van der Waals surface area contributed by atoms with Gasteiger partial charge in [0.2, 0.25) is 5.91 Å². The van der Waals surface area contributed by atoms with Crippen LogP contribution in [0.4, 0.5) is 14.5 Å². The van der Waals surface area contributed by atoms with Gasteiger partial charge in [0, 0.05) is 6.07 Å². The lowest BCUT2D eigenvalue weighted by Crippen LogP contribution is -2.32. The molecule has 2 aromatic carbocycles. The molecule has 1 aromatic heterocycles. The van der Waals surface area contributed by atoms with Crippen LogP contribution in [0.2, 0.25) is 0 Å². The Bertz CT molecular complexity index is 817. The van der Waals surface area contributed by atoms with Crippen molar-refractivity contribution in [1.29, 1.82) is 0 Å². The van der Waals surface area contributed by atoms with Gasteiger partial charge in [-0.2, -0.15) is 0 Å². The first-order valence-corrected chi connectivity index (χ1v) is 7.45. The van der Waals surface area contributed by atoms with Crippen molar-refractivity contribution < 1.29 is 18.0 Å². The lowest BCUT2D eigenvalue weighted by molar-refractivity contribution is -0.118. The van der Waals surface area contributed by atoms with Crippen LogP contribution in [0, 0.1) is 11.6 Å². The van der Waals surface area contributed by atoms with Gasteiger partial charge in [0.05, 0.1) is 24.9 Å². The highest BCUT2D eigenvalue weighted by molar-refractivity contribution is 5.94. The number of furan rings is 1. The predicted molar refractivity (Wildman–Crippen MR) is 86.4 cm³/mol. The minimum Gasteiger partial charge on any atom is -0.467 e. The van der Waals surface area contributed by atoms with Crippen LogP contribution in [0.15, 0.2) is 71.3 Å². The molecule has 0 unspecified atom stereocenters. The van der Waals surface area contributed by atoms with E-state index < -0.39 is 11.6 Å². The van der Waals surface area contributed by atoms with Crippen molar-refractivity contribution in [2.45, 2.75) is 13.0 Å². The highest BCUT2D eigenvalue weighted by Gasteiger charge is 2.21. The van der Waals surface area contributed by atoms with Crippen molar-refractivity contribution >= 4 is 11.6 Å². The molecule has 0 aliphatic carbocycles. The second-order valence-electron chi connectivity index (χ2n) is 5.32. The second kappa shape index (κ2) is 7.08. The van der Waals surface area contributed by atoms with Gasteiger partial charge in [-0.1, -0.05) is 30.3 Å². The van der Waals surface area contributed by atoms with Crippen molar-refractivity contribution in [3.8, 4) is 0 Å². The standard InChI is InChI=1S/C19H15F2NO2/c20-15-8-9-18(17(21)12-15)22(13-16-7-4-10-24-16)19(23)11-14-5-2-1-3-6-14/h1-10,12H,11,13H2. The topological polar surface area (TPSA) is 33.5 Å². The molecule has 122 valence electrons. The number of carbonyl (C=O) groups is 1. The minimum absolute atomic E-state index is 0.0220. The lowest BCUT2D eigenvalue weighted by atomic mass is 10.1. The summed E-state index contributed by atoms with van der Waals surface area (Å²) in [5.41, 5.74) is 0.836. The number of benzene rings is 2. The van der Waals surface area contributed by atoms with E-state index in [1.165, 1.54) is 17.2 Å². The fourth-order valence-electron chi connectivity index (χ4n) is 2.43. The number of rotatable bonds is 5. The van der Waals surface area contributed by atoms with Gasteiger partial charge in [0.15, 0.2) is 0 Å². The summed E-state index contributed by atoms with van der Waals surface area (Å²) in [6.45, 7) is 0.0707. The van der Waals surface area contributed by atoms with Gasteiger partial charge in [-0.15, -0.1) is 0 Å². The molecule has 0 fully saturated rings. The lowest BCUT2D eigenvalue weighted by Gasteiger charge is -2.22. The molecule has 0 N–H and O–H groups in total. The average Bonchev–Trinajstić information content (AvgIpc) is 3.07. The quantitative estimate of drug-likeness (QED) is 0.699. The summed E-state index contributed by atoms with van der Waals surface area (Å²) in [6.07, 6.45) is 1.59. The number of hydrogen-bond donors (Lipinski definition) is 0. The van der Waals surface area contributed by atoms with E-state index in [0.717, 1.165) is 17.7 Å². The van der Waals surface area contributed by atoms with Crippen LogP contribution < -0.4 is 4.90 Å². The molecule has 5 heteroatoms. The molecule has 0 saturated carbocycles. The Morgan fingerprint density at radius 1 is 1.00 bits per heavy atom. The Balaban J connectivity index is 1.90. The number of hydrogen-bond acceptors (Lipinski definition) is 2. The first-order valence-electron chi connectivity index (χ1n) is 7.45. The molecular formula is C19H15F2NO2. The van der Waals surface area contributed by atoms with E-state index in [9.17, 15) is 13.6 Å². The molecule has 3 rings (SSSR count). The van der Waals surface area contributed by atoms with Crippen molar-refractivity contribution in [3.05, 3.63) is 89.9 Å². The molecule has 3 nitrogen and oxygen atoms in total. The van der Waals surface area contributed by atoms with E-state index in [1.54, 1.807) is 12.1 Å². The Morgan fingerprint density at radius 2 is 1.79 bits per heavy atom. The highest BCUT2D eigenvalue weighted by Crippen LogP contribution is 2.23. The number of carbonyl (C=O) groups excluding carboxylic acids is 1. The summed E-state index contributed by atoms with van der Waals surface area (Å²) >= 11 is 0. The third-order valence-electron chi connectivity index (χ3n) is 3.59. The third-order valence-corrected chi connectivity index (χ3v) is 3.59. The molecule has 0 saturated heterocycles. The monoisotopic (exact) mass is 327 g/mol. The van der Waals surface area contributed by atoms with Gasteiger partial charge in [0.1, 0.15) is 17.4 Å². The Morgan fingerprint density at radius 3 is 2.46 bits per heavy atom. The maximum Gasteiger partial charge on any atom is 0.231 e. The third kappa shape index (κ3) is 3.68. The van der Waals surface area contributed by atoms with Crippen molar-refractivity contribution in [2.24, 2.45) is 0 Å². The number of anilines is 1. The molecule has 0 aliphatic rings. The van der Waals surface area contributed by atoms with Crippen LogP contribution in [-0.2, 0) is 17.8 Å². The summed E-state index contributed by atoms with van der Waals surface area (Å²) < 4.78 is 32.6. The average molecular weight is 327 g/mol. The molecule has 24 heavy (non-hydrogen) atoms. The van der Waals surface area contributed by atoms with Crippen LogP contribution in [0.1, 0.15) is 11.3 Å². The van der Waals surface area contributed by atoms with Gasteiger partial charge in [-0.05, 0) is 29.8 Å². The van der Waals surface area contributed by atoms with Crippen LogP contribution in [0.25, 0.3) is 0 Å². The molecule has 0 spiro atoms. The first-order chi connectivity index (χ1) is 11.6. The molecular weight excluding hydrogens is 312 g/mol. The van der Waals surface area contributed by atoms with E-state index in [1.807, 2.05) is 30.3 Å². The molecule has 0 atom stereocenters. The maximum atomic E-state index is 14.2. The number of amides is 1. The first kappa shape index (κ1) is 15.9. The van der Waals surface area contributed by atoms with Gasteiger partial charge < -0.3 is 9.32 Å². The SMILES string of the molecule is O=C(Cc1ccccc1)N(Cc1ccco1)c1ccc(F)cc1F. The van der Waals surface area contributed by atoms with Gasteiger partial charge >= 0.3 is 0 Å². The zero-order chi connectivity index (χ0) is 16.9. The summed E-state index contributed by atoms with van der Waals surface area (Å²) in [5.74, 6) is -1.27. The fourth-order valence-corrected chi connectivity index (χ4v) is 2.43. The molecule has 1 heterocycles. The normalized spacial score (nSPS) is 10.6. The molecule has 0 bridgehead atoms. The molecule has 3 aromatic rings. The predicted octanol–water partition coefficient (Wildman–Crippen LogP) is 4.33. The van der Waals surface area contributed by atoms with Crippen molar-refractivity contribution in [2.75, 3.05) is 4.90 Å². The van der Waals surface area contributed by atoms with Gasteiger partial charge in [0.25, 0.3) is 0 Å². The van der Waals surface area contributed by atoms with Crippen molar-refractivity contribution in [3.63, 3.8) is 0 Å². The summed E-state index contributed by atoms with van der Waals surface area (Å²) in [7, 11) is 0. The number of nitrogens with zero attached hydrogens (tertiary/aromatic N) is 1. The van der Waals surface area contributed by atoms with Gasteiger partial charge in [-0.3, -0.25) is 4.79 Å². The summed E-state index contributed by atoms with van der Waals surface area (Å²) in [5, 5.41) is 0. The van der Waals surface area contributed by atoms with Gasteiger partial charge in [-0.25, -0.2) is 8.78 Å². The van der Waals surface area contributed by atoms with Crippen LogP contribution in [-0.4, -0.2) is 5.91 Å². The molecule has 1 amide bonds. The van der Waals surface area contributed by atoms with E-state index in [2.05, 4.69) is 0 Å². The molecule has 0 radical (unpaired) electrons. The zero-order valence-electron chi connectivity index (χ0n) is 12.8. The molecule has 0 aliphatic heterocycles.